The zero-order valence-electron chi connectivity index (χ0n) is 20.6. The third kappa shape index (κ3) is 5.69. The molecule has 6 nitrogen and oxygen atoms in total. The first-order chi connectivity index (χ1) is 18.4. The molecule has 0 aliphatic carbocycles. The summed E-state index contributed by atoms with van der Waals surface area (Å²) < 4.78 is 81.6. The maximum absolute atomic E-state index is 14.0. The van der Waals surface area contributed by atoms with E-state index in [0.717, 1.165) is 43.8 Å². The predicted octanol–water partition coefficient (Wildman–Crippen LogP) is 5.87. The highest BCUT2D eigenvalue weighted by atomic mass is 32.2. The Morgan fingerprint density at radius 2 is 1.79 bits per heavy atom. The van der Waals surface area contributed by atoms with E-state index in [1.807, 2.05) is 11.9 Å². The second kappa shape index (κ2) is 10.3. The predicted molar refractivity (Wildman–Crippen MR) is 137 cm³/mol. The Bertz CT molecular complexity index is 1470. The number of carbonyl (C=O) groups is 1. The lowest BCUT2D eigenvalue weighted by Gasteiger charge is -2.32. The molecule has 13 heteroatoms. The number of thioether (sulfide) groups is 1. The second-order valence-corrected chi connectivity index (χ2v) is 10.4. The number of hydrogen-bond acceptors (Lipinski definition) is 5. The Labute approximate surface area is 223 Å². The number of aromatic nitrogens is 2. The highest BCUT2D eigenvalue weighted by molar-refractivity contribution is 8.18. The van der Waals surface area contributed by atoms with E-state index in [4.69, 9.17) is 0 Å². The van der Waals surface area contributed by atoms with Crippen molar-refractivity contribution in [3.05, 3.63) is 69.8 Å². The molecule has 1 amide bonds. The van der Waals surface area contributed by atoms with Gasteiger partial charge in [-0.3, -0.25) is 9.89 Å². The third-order valence-corrected chi connectivity index (χ3v) is 8.10. The quantitative estimate of drug-likeness (QED) is 0.305. The number of amides is 1. The Balaban J connectivity index is 1.59. The number of halogens is 6. The van der Waals surface area contributed by atoms with Crippen molar-refractivity contribution >= 4 is 39.3 Å². The van der Waals surface area contributed by atoms with Gasteiger partial charge in [-0.1, -0.05) is 12.1 Å². The fourth-order valence-electron chi connectivity index (χ4n) is 4.79. The van der Waals surface area contributed by atoms with Crippen molar-refractivity contribution in [2.75, 3.05) is 20.1 Å². The number of nitrogens with one attached hydrogen (secondary N) is 2. The molecular formula is C26H23F6N5OS. The van der Waals surface area contributed by atoms with Crippen LogP contribution in [-0.2, 0) is 23.6 Å². The van der Waals surface area contributed by atoms with Gasteiger partial charge in [0.25, 0.3) is 5.91 Å². The van der Waals surface area contributed by atoms with E-state index in [1.165, 1.54) is 6.20 Å². The zero-order chi connectivity index (χ0) is 27.9. The van der Waals surface area contributed by atoms with Crippen LogP contribution in [-0.4, -0.2) is 52.4 Å². The first-order valence-corrected chi connectivity index (χ1v) is 12.9. The van der Waals surface area contributed by atoms with E-state index in [1.54, 1.807) is 18.2 Å². The van der Waals surface area contributed by atoms with Crippen LogP contribution in [0.3, 0.4) is 0 Å². The van der Waals surface area contributed by atoms with Crippen LogP contribution < -0.4 is 5.32 Å². The van der Waals surface area contributed by atoms with Gasteiger partial charge >= 0.3 is 12.4 Å². The van der Waals surface area contributed by atoms with Gasteiger partial charge in [-0.15, -0.1) is 0 Å². The monoisotopic (exact) mass is 567 g/mol. The van der Waals surface area contributed by atoms with Gasteiger partial charge < -0.3 is 10.2 Å². The van der Waals surface area contributed by atoms with Gasteiger partial charge in [0.15, 0.2) is 5.17 Å². The van der Waals surface area contributed by atoms with Crippen molar-refractivity contribution in [1.29, 1.82) is 0 Å². The second-order valence-electron chi connectivity index (χ2n) is 9.42. The first kappa shape index (κ1) is 27.3. The normalized spacial score (nSPS) is 18.5. The van der Waals surface area contributed by atoms with Crippen molar-refractivity contribution < 1.29 is 31.1 Å². The largest absolute Gasteiger partial charge is 0.416 e. The number of rotatable bonds is 4. The van der Waals surface area contributed by atoms with Crippen LogP contribution in [0.2, 0.25) is 0 Å². The molecule has 3 heterocycles. The number of allylic oxidation sites excluding steroid dienone is 1. The van der Waals surface area contributed by atoms with Gasteiger partial charge in [0, 0.05) is 18.5 Å². The summed E-state index contributed by atoms with van der Waals surface area (Å²) in [5, 5.41) is 11.1. The number of benzene rings is 2. The number of nitrogens with zero attached hydrogens (tertiary/aromatic N) is 3. The summed E-state index contributed by atoms with van der Waals surface area (Å²) in [4.78, 5) is 19.4. The molecule has 2 aliphatic rings. The molecule has 5 rings (SSSR count). The first-order valence-electron chi connectivity index (χ1n) is 12.1. The van der Waals surface area contributed by atoms with Gasteiger partial charge in [0.2, 0.25) is 0 Å². The molecule has 1 fully saturated rings. The highest BCUT2D eigenvalue weighted by Crippen LogP contribution is 2.42. The summed E-state index contributed by atoms with van der Waals surface area (Å²) in [6, 6.07) is 6.72. The topological polar surface area (TPSA) is 73.4 Å². The number of carbonyl (C=O) groups excluding carboxylic acids is 1. The Morgan fingerprint density at radius 1 is 1.05 bits per heavy atom. The fourth-order valence-corrected chi connectivity index (χ4v) is 5.84. The molecule has 0 saturated carbocycles. The average molecular weight is 568 g/mol. The molecule has 1 saturated heterocycles. The van der Waals surface area contributed by atoms with Crippen molar-refractivity contribution in [1.82, 2.24) is 20.4 Å². The summed E-state index contributed by atoms with van der Waals surface area (Å²) in [7, 11) is 1.83. The zero-order valence-corrected chi connectivity index (χ0v) is 21.4. The summed E-state index contributed by atoms with van der Waals surface area (Å²) in [6.07, 6.45) is -7.18. The molecule has 3 aromatic rings. The summed E-state index contributed by atoms with van der Waals surface area (Å²) in [6.45, 7) is 1.63. The lowest BCUT2D eigenvalue weighted by Crippen LogP contribution is -2.42. The molecule has 206 valence electrons. The van der Waals surface area contributed by atoms with E-state index >= 15 is 0 Å². The number of alkyl halides is 6. The average Bonchev–Trinajstić information content (AvgIpc) is 3.52. The minimum Gasteiger partial charge on any atom is -0.351 e. The van der Waals surface area contributed by atoms with Gasteiger partial charge in [-0.05, 0) is 85.1 Å². The van der Waals surface area contributed by atoms with Crippen molar-refractivity contribution in [3.8, 4) is 0 Å². The van der Waals surface area contributed by atoms with E-state index in [9.17, 15) is 31.1 Å². The van der Waals surface area contributed by atoms with Gasteiger partial charge in [-0.25, -0.2) is 0 Å². The van der Waals surface area contributed by atoms with Crippen molar-refractivity contribution in [2.45, 2.75) is 37.7 Å². The number of piperidine rings is 1. The van der Waals surface area contributed by atoms with Gasteiger partial charge in [0.05, 0.1) is 27.7 Å². The number of aliphatic imine (C=N–C) groups is 1. The number of fused-ring (bicyclic) bond motifs is 1. The number of aromatic amines is 1. The van der Waals surface area contributed by atoms with Crippen LogP contribution in [0.5, 0.6) is 0 Å². The van der Waals surface area contributed by atoms with Crippen LogP contribution in [0.4, 0.5) is 26.3 Å². The molecule has 2 aliphatic heterocycles. The molecule has 1 aromatic heterocycles. The van der Waals surface area contributed by atoms with Gasteiger partial charge in [-0.2, -0.15) is 36.4 Å². The van der Waals surface area contributed by atoms with Crippen LogP contribution in [0.1, 0.15) is 35.1 Å². The SMILES string of the molecule is CN(C1=NC(=O)C(=C(Cc2ccc(C(F)(F)F)cc2C(F)(F)F)c2ccc3[nH]ncc3c2)S1)C1CCNCC1. The van der Waals surface area contributed by atoms with E-state index in [-0.39, 0.29) is 28.1 Å². The van der Waals surface area contributed by atoms with Crippen molar-refractivity contribution in [3.63, 3.8) is 0 Å². The van der Waals surface area contributed by atoms with Crippen molar-refractivity contribution in [2.24, 2.45) is 4.99 Å². The molecule has 2 N–H and O–H groups in total. The Kier molecular flexibility index (Phi) is 7.23. The maximum atomic E-state index is 14.0. The molecule has 39 heavy (non-hydrogen) atoms. The standard InChI is InChI=1S/C26H23F6N5OS/c1-37(18-6-8-33-9-7-18)24-35-23(38)22(39-24)19(14-3-5-21-16(10-14)13-34-36-21)11-15-2-4-17(25(27,28)29)12-20(15)26(30,31)32/h2-5,10,12-13,18,33H,6-9,11H2,1H3,(H,34,36). The number of hydrogen-bond donors (Lipinski definition) is 2. The molecule has 0 bridgehead atoms. The molecular weight excluding hydrogens is 544 g/mol. The lowest BCUT2D eigenvalue weighted by molar-refractivity contribution is -0.143. The van der Waals surface area contributed by atoms with Crippen LogP contribution >= 0.6 is 11.8 Å². The molecule has 0 spiro atoms. The molecule has 2 aromatic carbocycles. The summed E-state index contributed by atoms with van der Waals surface area (Å²) in [5.74, 6) is -0.599. The van der Waals surface area contributed by atoms with E-state index in [0.29, 0.717) is 27.7 Å². The lowest BCUT2D eigenvalue weighted by atomic mass is 9.92. The minimum atomic E-state index is -5.04. The molecule has 0 radical (unpaired) electrons. The number of H-pyrrole nitrogens is 1. The smallest absolute Gasteiger partial charge is 0.351 e. The highest BCUT2D eigenvalue weighted by Gasteiger charge is 2.39. The van der Waals surface area contributed by atoms with Gasteiger partial charge in [0.1, 0.15) is 0 Å². The third-order valence-electron chi connectivity index (χ3n) is 6.92. The Hall–Kier alpha value is -3.32. The maximum Gasteiger partial charge on any atom is 0.416 e. The minimum absolute atomic E-state index is 0.118. The van der Waals surface area contributed by atoms with Crippen LogP contribution in [0.15, 0.2) is 52.5 Å². The Morgan fingerprint density at radius 3 is 2.49 bits per heavy atom. The van der Waals surface area contributed by atoms with E-state index < -0.39 is 35.8 Å². The fraction of sp³-hybridized carbons (Fsp3) is 0.346. The number of amidine groups is 1. The summed E-state index contributed by atoms with van der Waals surface area (Å²) in [5.41, 5.74) is -1.79. The molecule has 0 atom stereocenters. The molecule has 0 unspecified atom stereocenters. The van der Waals surface area contributed by atoms with E-state index in [2.05, 4.69) is 20.5 Å². The summed E-state index contributed by atoms with van der Waals surface area (Å²) >= 11 is 1.07. The van der Waals surface area contributed by atoms with Crippen LogP contribution in [0, 0.1) is 0 Å². The van der Waals surface area contributed by atoms with Crippen LogP contribution in [0.25, 0.3) is 16.5 Å².